The van der Waals surface area contributed by atoms with Crippen LogP contribution in [0.2, 0.25) is 0 Å². The Morgan fingerprint density at radius 1 is 1.40 bits per heavy atom. The van der Waals surface area contributed by atoms with E-state index in [1.54, 1.807) is 23.6 Å². The van der Waals surface area contributed by atoms with E-state index in [9.17, 15) is 4.79 Å². The molecule has 102 valence electrons. The monoisotopic (exact) mass is 304 g/mol. The van der Waals surface area contributed by atoms with Gasteiger partial charge in [-0.25, -0.2) is 9.97 Å². The highest BCUT2D eigenvalue weighted by atomic mass is 32.1. The molecule has 3 rings (SSSR count). The highest BCUT2D eigenvalue weighted by Crippen LogP contribution is 2.24. The van der Waals surface area contributed by atoms with Gasteiger partial charge in [0.25, 0.3) is 5.91 Å². The molecular weight excluding hydrogens is 292 g/mol. The number of benzene rings is 1. The molecule has 20 heavy (non-hydrogen) atoms. The van der Waals surface area contributed by atoms with E-state index in [2.05, 4.69) is 15.3 Å². The van der Waals surface area contributed by atoms with Gasteiger partial charge in [-0.2, -0.15) is 0 Å². The van der Waals surface area contributed by atoms with Crippen molar-refractivity contribution in [1.29, 1.82) is 0 Å². The van der Waals surface area contributed by atoms with Crippen molar-refractivity contribution in [3.05, 3.63) is 39.8 Å². The van der Waals surface area contributed by atoms with Crippen molar-refractivity contribution in [1.82, 2.24) is 15.3 Å². The highest BCUT2D eigenvalue weighted by molar-refractivity contribution is 7.22. The number of nitrogens with one attached hydrogen (secondary N) is 1. The number of amides is 1. The first-order valence-electron chi connectivity index (χ1n) is 5.97. The molecule has 3 aromatic rings. The Kier molecular flexibility index (Phi) is 3.37. The summed E-state index contributed by atoms with van der Waals surface area (Å²) in [7, 11) is 0. The van der Waals surface area contributed by atoms with Crippen molar-refractivity contribution in [3.63, 3.8) is 0 Å². The summed E-state index contributed by atoms with van der Waals surface area (Å²) >= 11 is 2.96. The SMILES string of the molecule is Cc1cnc(CNC(=O)c2ccc3nc(N)sc3c2)s1. The summed E-state index contributed by atoms with van der Waals surface area (Å²) in [5, 5.41) is 4.27. The largest absolute Gasteiger partial charge is 0.375 e. The second-order valence-electron chi connectivity index (χ2n) is 4.28. The Bertz CT molecular complexity index is 778. The maximum atomic E-state index is 12.1. The number of rotatable bonds is 3. The van der Waals surface area contributed by atoms with Gasteiger partial charge >= 0.3 is 0 Å². The normalized spacial score (nSPS) is 10.8. The number of nitrogen functional groups attached to an aromatic ring is 1. The van der Waals surface area contributed by atoms with E-state index < -0.39 is 0 Å². The minimum Gasteiger partial charge on any atom is -0.375 e. The van der Waals surface area contributed by atoms with Gasteiger partial charge < -0.3 is 11.1 Å². The second-order valence-corrected chi connectivity index (χ2v) is 6.66. The van der Waals surface area contributed by atoms with Crippen LogP contribution in [-0.4, -0.2) is 15.9 Å². The van der Waals surface area contributed by atoms with Crippen molar-refractivity contribution in [3.8, 4) is 0 Å². The molecule has 0 aliphatic carbocycles. The van der Waals surface area contributed by atoms with Crippen LogP contribution in [0.3, 0.4) is 0 Å². The molecule has 0 bridgehead atoms. The zero-order valence-corrected chi connectivity index (χ0v) is 12.3. The van der Waals surface area contributed by atoms with E-state index in [-0.39, 0.29) is 5.91 Å². The summed E-state index contributed by atoms with van der Waals surface area (Å²) in [6.07, 6.45) is 1.80. The summed E-state index contributed by atoms with van der Waals surface area (Å²) in [6, 6.07) is 5.38. The molecule has 0 saturated heterocycles. The maximum Gasteiger partial charge on any atom is 0.251 e. The summed E-state index contributed by atoms with van der Waals surface area (Å²) in [5.41, 5.74) is 7.08. The van der Waals surface area contributed by atoms with E-state index in [0.29, 0.717) is 17.2 Å². The molecule has 0 radical (unpaired) electrons. The summed E-state index contributed by atoms with van der Waals surface area (Å²) in [5.74, 6) is -0.119. The van der Waals surface area contributed by atoms with Crippen LogP contribution in [0.4, 0.5) is 5.13 Å². The van der Waals surface area contributed by atoms with E-state index >= 15 is 0 Å². The Morgan fingerprint density at radius 3 is 3.00 bits per heavy atom. The van der Waals surface area contributed by atoms with Crippen LogP contribution in [0.5, 0.6) is 0 Å². The summed E-state index contributed by atoms with van der Waals surface area (Å²) in [6.45, 7) is 2.44. The number of thiazole rings is 2. The lowest BCUT2D eigenvalue weighted by atomic mass is 10.2. The van der Waals surface area contributed by atoms with Gasteiger partial charge in [0.1, 0.15) is 5.01 Å². The van der Waals surface area contributed by atoms with Crippen molar-refractivity contribution in [2.24, 2.45) is 0 Å². The van der Waals surface area contributed by atoms with Crippen LogP contribution in [0.1, 0.15) is 20.2 Å². The Hall–Kier alpha value is -1.99. The van der Waals surface area contributed by atoms with E-state index in [1.165, 1.54) is 11.3 Å². The summed E-state index contributed by atoms with van der Waals surface area (Å²) in [4.78, 5) is 21.6. The topological polar surface area (TPSA) is 80.9 Å². The van der Waals surface area contributed by atoms with E-state index in [0.717, 1.165) is 20.1 Å². The molecule has 5 nitrogen and oxygen atoms in total. The minimum absolute atomic E-state index is 0.119. The van der Waals surface area contributed by atoms with Crippen LogP contribution >= 0.6 is 22.7 Å². The van der Waals surface area contributed by atoms with Crippen molar-refractivity contribution in [2.45, 2.75) is 13.5 Å². The van der Waals surface area contributed by atoms with E-state index in [1.807, 2.05) is 19.1 Å². The third-order valence-electron chi connectivity index (χ3n) is 2.74. The molecule has 0 spiro atoms. The van der Waals surface area contributed by atoms with Crippen LogP contribution in [-0.2, 0) is 6.54 Å². The van der Waals surface area contributed by atoms with Crippen molar-refractivity contribution in [2.75, 3.05) is 5.73 Å². The fourth-order valence-electron chi connectivity index (χ4n) is 1.82. The van der Waals surface area contributed by atoms with Gasteiger partial charge in [0, 0.05) is 16.6 Å². The second kappa shape index (κ2) is 5.18. The molecule has 0 saturated carbocycles. The molecular formula is C13H12N4OS2. The van der Waals surface area contributed by atoms with Gasteiger partial charge in [-0.15, -0.1) is 11.3 Å². The Labute approximate surface area is 123 Å². The molecule has 0 atom stereocenters. The van der Waals surface area contributed by atoms with Gasteiger partial charge in [0.05, 0.1) is 16.8 Å². The molecule has 1 amide bonds. The quantitative estimate of drug-likeness (QED) is 0.779. The fraction of sp³-hybridized carbons (Fsp3) is 0.154. The number of nitrogens with two attached hydrogens (primary N) is 1. The lowest BCUT2D eigenvalue weighted by molar-refractivity contribution is 0.0951. The zero-order valence-electron chi connectivity index (χ0n) is 10.7. The average Bonchev–Trinajstić information content (AvgIpc) is 2.99. The third kappa shape index (κ3) is 2.63. The first-order valence-corrected chi connectivity index (χ1v) is 7.61. The molecule has 0 aliphatic rings. The predicted molar refractivity (Wildman–Crippen MR) is 82.1 cm³/mol. The van der Waals surface area contributed by atoms with Gasteiger partial charge in [0.2, 0.25) is 0 Å². The zero-order chi connectivity index (χ0) is 14.1. The van der Waals surface area contributed by atoms with Gasteiger partial charge in [-0.1, -0.05) is 11.3 Å². The number of fused-ring (bicyclic) bond motifs is 1. The molecule has 2 aromatic heterocycles. The Morgan fingerprint density at radius 2 is 2.25 bits per heavy atom. The first kappa shape index (κ1) is 13.0. The number of carbonyl (C=O) groups excluding carboxylic acids is 1. The standard InChI is InChI=1S/C13H12N4OS2/c1-7-5-15-11(19-7)6-16-12(18)8-2-3-9-10(4-8)20-13(14)17-9/h2-5H,6H2,1H3,(H2,14,17)(H,16,18). The lowest BCUT2D eigenvalue weighted by Crippen LogP contribution is -2.22. The number of aromatic nitrogens is 2. The number of hydrogen-bond donors (Lipinski definition) is 2. The molecule has 0 fully saturated rings. The minimum atomic E-state index is -0.119. The Balaban J connectivity index is 1.74. The summed E-state index contributed by atoms with van der Waals surface area (Å²) < 4.78 is 0.917. The number of nitrogens with zero attached hydrogens (tertiary/aromatic N) is 2. The molecule has 1 aromatic carbocycles. The van der Waals surface area contributed by atoms with Gasteiger partial charge in [0.15, 0.2) is 5.13 Å². The average molecular weight is 304 g/mol. The predicted octanol–water partition coefficient (Wildman–Crippen LogP) is 2.57. The molecule has 0 unspecified atom stereocenters. The maximum absolute atomic E-state index is 12.1. The molecule has 7 heteroatoms. The van der Waals surface area contributed by atoms with E-state index in [4.69, 9.17) is 5.73 Å². The lowest BCUT2D eigenvalue weighted by Gasteiger charge is -2.02. The number of carbonyl (C=O) groups is 1. The molecule has 3 N–H and O–H groups in total. The smallest absolute Gasteiger partial charge is 0.251 e. The van der Waals surface area contributed by atoms with Crippen LogP contribution in [0.15, 0.2) is 24.4 Å². The van der Waals surface area contributed by atoms with Crippen molar-refractivity contribution < 1.29 is 4.79 Å². The van der Waals surface area contributed by atoms with Crippen molar-refractivity contribution >= 4 is 43.9 Å². The third-order valence-corrected chi connectivity index (χ3v) is 4.50. The number of hydrogen-bond acceptors (Lipinski definition) is 6. The van der Waals surface area contributed by atoms with Gasteiger partial charge in [-0.3, -0.25) is 4.79 Å². The number of aryl methyl sites for hydroxylation is 1. The van der Waals surface area contributed by atoms with Crippen LogP contribution in [0.25, 0.3) is 10.2 Å². The number of anilines is 1. The van der Waals surface area contributed by atoms with Crippen LogP contribution < -0.4 is 11.1 Å². The van der Waals surface area contributed by atoms with Crippen LogP contribution in [0, 0.1) is 6.92 Å². The first-order chi connectivity index (χ1) is 9.61. The van der Waals surface area contributed by atoms with Gasteiger partial charge in [-0.05, 0) is 25.1 Å². The highest BCUT2D eigenvalue weighted by Gasteiger charge is 2.09. The fourth-order valence-corrected chi connectivity index (χ4v) is 3.33. The molecule has 2 heterocycles. The molecule has 0 aliphatic heterocycles.